The van der Waals surface area contributed by atoms with Crippen molar-refractivity contribution in [3.63, 3.8) is 0 Å². The SMILES string of the molecule is COc1cc(N2CCN(C(=O)Cn3nc(C(F)(F)F)c(Cl)c3C)[C@@H](CN3CCN(C)CC3)C2)ccc1Cl. The van der Waals surface area contributed by atoms with Gasteiger partial charge < -0.3 is 19.4 Å². The van der Waals surface area contributed by atoms with Crippen LogP contribution in [0.1, 0.15) is 11.4 Å². The number of carbonyl (C=O) groups excluding carboxylic acids is 1. The van der Waals surface area contributed by atoms with Crippen LogP contribution in [0.2, 0.25) is 10.0 Å². The van der Waals surface area contributed by atoms with Crippen molar-refractivity contribution >= 4 is 34.8 Å². The minimum atomic E-state index is -4.69. The molecule has 0 unspecified atom stereocenters. The van der Waals surface area contributed by atoms with E-state index < -0.39 is 16.9 Å². The maximum Gasteiger partial charge on any atom is 0.436 e. The fourth-order valence-corrected chi connectivity index (χ4v) is 5.26. The summed E-state index contributed by atoms with van der Waals surface area (Å²) in [5, 5.41) is 3.65. The van der Waals surface area contributed by atoms with E-state index in [1.165, 1.54) is 6.92 Å². The second kappa shape index (κ2) is 11.3. The van der Waals surface area contributed by atoms with Crippen LogP contribution in [-0.4, -0.2) is 103 Å². The lowest BCUT2D eigenvalue weighted by molar-refractivity contribution is -0.142. The third-order valence-corrected chi connectivity index (χ3v) is 7.82. The molecule has 2 saturated heterocycles. The van der Waals surface area contributed by atoms with Gasteiger partial charge in [-0.05, 0) is 26.1 Å². The summed E-state index contributed by atoms with van der Waals surface area (Å²) in [7, 11) is 3.64. The molecular weight excluding hydrogens is 532 g/mol. The molecule has 0 bridgehead atoms. The molecular formula is C24H31Cl2F3N6O2. The van der Waals surface area contributed by atoms with E-state index in [2.05, 4.69) is 26.8 Å². The molecule has 1 atom stereocenters. The summed E-state index contributed by atoms with van der Waals surface area (Å²) in [5.74, 6) is 0.281. The second-order valence-electron chi connectivity index (χ2n) is 9.51. The second-order valence-corrected chi connectivity index (χ2v) is 10.3. The van der Waals surface area contributed by atoms with Gasteiger partial charge in [-0.15, -0.1) is 0 Å². The van der Waals surface area contributed by atoms with Gasteiger partial charge in [-0.2, -0.15) is 18.3 Å². The molecule has 13 heteroatoms. The Balaban J connectivity index is 1.54. The quantitative estimate of drug-likeness (QED) is 0.537. The van der Waals surface area contributed by atoms with Gasteiger partial charge in [-0.1, -0.05) is 23.2 Å². The van der Waals surface area contributed by atoms with Crippen LogP contribution in [-0.2, 0) is 17.5 Å². The molecule has 0 spiro atoms. The maximum atomic E-state index is 13.4. The molecule has 37 heavy (non-hydrogen) atoms. The van der Waals surface area contributed by atoms with Crippen molar-refractivity contribution in [3.05, 3.63) is 39.6 Å². The molecule has 4 rings (SSSR count). The Kier molecular flexibility index (Phi) is 8.47. The molecule has 1 aromatic heterocycles. The number of aromatic nitrogens is 2. The highest BCUT2D eigenvalue weighted by Gasteiger charge is 2.39. The Morgan fingerprint density at radius 3 is 2.46 bits per heavy atom. The lowest BCUT2D eigenvalue weighted by Crippen LogP contribution is -2.60. The number of methoxy groups -OCH3 is 1. The third-order valence-electron chi connectivity index (χ3n) is 7.05. The lowest BCUT2D eigenvalue weighted by atomic mass is 10.1. The van der Waals surface area contributed by atoms with Crippen LogP contribution in [0.15, 0.2) is 18.2 Å². The molecule has 0 N–H and O–H groups in total. The number of benzene rings is 1. The fourth-order valence-electron chi connectivity index (χ4n) is 4.83. The number of hydrogen-bond donors (Lipinski definition) is 0. The molecule has 1 amide bonds. The van der Waals surface area contributed by atoms with Gasteiger partial charge in [-0.25, -0.2) is 0 Å². The molecule has 0 aliphatic carbocycles. The van der Waals surface area contributed by atoms with E-state index in [9.17, 15) is 18.0 Å². The minimum absolute atomic E-state index is 0.116. The highest BCUT2D eigenvalue weighted by molar-refractivity contribution is 6.32. The predicted octanol–water partition coefficient (Wildman–Crippen LogP) is 3.49. The number of rotatable bonds is 6. The average Bonchev–Trinajstić information content (AvgIpc) is 3.14. The summed E-state index contributed by atoms with van der Waals surface area (Å²) < 4.78 is 46.3. The van der Waals surface area contributed by atoms with Gasteiger partial charge in [0.15, 0.2) is 5.69 Å². The van der Waals surface area contributed by atoms with Crippen LogP contribution < -0.4 is 9.64 Å². The topological polar surface area (TPSA) is 57.1 Å². The first kappa shape index (κ1) is 27.8. The molecule has 204 valence electrons. The molecule has 0 saturated carbocycles. The van der Waals surface area contributed by atoms with Gasteiger partial charge in [-0.3, -0.25) is 14.4 Å². The van der Waals surface area contributed by atoms with E-state index in [0.717, 1.165) is 36.5 Å². The van der Waals surface area contributed by atoms with Gasteiger partial charge in [0.05, 0.1) is 28.9 Å². The molecule has 2 fully saturated rings. The molecule has 8 nitrogen and oxygen atoms in total. The highest BCUT2D eigenvalue weighted by Crippen LogP contribution is 2.35. The number of ether oxygens (including phenoxy) is 1. The Labute approximate surface area is 224 Å². The zero-order chi connectivity index (χ0) is 26.9. The van der Waals surface area contributed by atoms with E-state index in [0.29, 0.717) is 37.0 Å². The third kappa shape index (κ3) is 6.27. The Hall–Kier alpha value is -2.21. The van der Waals surface area contributed by atoms with E-state index >= 15 is 0 Å². The number of halogens is 5. The first-order valence-electron chi connectivity index (χ1n) is 12.1. The van der Waals surface area contributed by atoms with Crippen molar-refractivity contribution in [3.8, 4) is 5.75 Å². The number of likely N-dealkylation sites (N-methyl/N-ethyl adjacent to an activating group) is 1. The molecule has 3 heterocycles. The first-order valence-corrected chi connectivity index (χ1v) is 12.8. The predicted molar refractivity (Wildman–Crippen MR) is 137 cm³/mol. The highest BCUT2D eigenvalue weighted by atomic mass is 35.5. The normalized spacial score (nSPS) is 19.9. The van der Waals surface area contributed by atoms with Gasteiger partial charge in [0.1, 0.15) is 12.3 Å². The van der Waals surface area contributed by atoms with Crippen LogP contribution in [0.5, 0.6) is 5.75 Å². The summed E-state index contributed by atoms with van der Waals surface area (Å²) >= 11 is 12.1. The summed E-state index contributed by atoms with van der Waals surface area (Å²) in [6, 6.07) is 5.41. The van der Waals surface area contributed by atoms with Gasteiger partial charge in [0.25, 0.3) is 0 Å². The summed E-state index contributed by atoms with van der Waals surface area (Å²) in [5.41, 5.74) is -0.124. The molecule has 2 aliphatic rings. The number of piperazine rings is 2. The summed E-state index contributed by atoms with van der Waals surface area (Å²) in [4.78, 5) is 22.0. The number of hydrogen-bond acceptors (Lipinski definition) is 6. The summed E-state index contributed by atoms with van der Waals surface area (Å²) in [6.07, 6.45) is -4.69. The average molecular weight is 563 g/mol. The number of amides is 1. The number of alkyl halides is 3. The largest absolute Gasteiger partial charge is 0.495 e. The van der Waals surface area contributed by atoms with E-state index in [1.807, 2.05) is 12.1 Å². The fraction of sp³-hybridized carbons (Fsp3) is 0.583. The van der Waals surface area contributed by atoms with Gasteiger partial charge in [0.2, 0.25) is 5.91 Å². The standard InChI is InChI=1S/C24H31Cl2F3N6O2/c1-16-22(26)23(24(27,28)29)30-35(16)15-21(36)34-11-10-33(17-4-5-19(25)20(12-17)37-3)14-18(34)13-32-8-6-31(2)7-9-32/h4-5,12,18H,6-11,13-15H2,1-3H3/t18-/m0/s1. The van der Waals surface area contributed by atoms with Crippen LogP contribution >= 0.6 is 23.2 Å². The van der Waals surface area contributed by atoms with Crippen molar-refractivity contribution in [1.29, 1.82) is 0 Å². The Morgan fingerprint density at radius 2 is 1.84 bits per heavy atom. The molecule has 0 radical (unpaired) electrons. The smallest absolute Gasteiger partial charge is 0.436 e. The van der Waals surface area contributed by atoms with Crippen molar-refractivity contribution in [2.24, 2.45) is 0 Å². The van der Waals surface area contributed by atoms with Gasteiger partial charge >= 0.3 is 6.18 Å². The number of carbonyl (C=O) groups is 1. The van der Waals surface area contributed by atoms with Crippen molar-refractivity contribution in [2.45, 2.75) is 25.7 Å². The van der Waals surface area contributed by atoms with E-state index in [4.69, 9.17) is 27.9 Å². The van der Waals surface area contributed by atoms with Crippen molar-refractivity contribution < 1.29 is 22.7 Å². The van der Waals surface area contributed by atoms with Crippen molar-refractivity contribution in [1.82, 2.24) is 24.5 Å². The summed E-state index contributed by atoms with van der Waals surface area (Å²) in [6.45, 7) is 6.96. The molecule has 2 aliphatic heterocycles. The molecule has 1 aromatic carbocycles. The van der Waals surface area contributed by atoms with Crippen molar-refractivity contribution in [2.75, 3.05) is 71.4 Å². The van der Waals surface area contributed by atoms with E-state index in [1.54, 1.807) is 18.1 Å². The lowest BCUT2D eigenvalue weighted by Gasteiger charge is -2.45. The van der Waals surface area contributed by atoms with Crippen LogP contribution in [0.25, 0.3) is 0 Å². The zero-order valence-electron chi connectivity index (χ0n) is 21.1. The number of anilines is 1. The monoisotopic (exact) mass is 562 g/mol. The maximum absolute atomic E-state index is 13.4. The zero-order valence-corrected chi connectivity index (χ0v) is 22.6. The van der Waals surface area contributed by atoms with Crippen LogP contribution in [0.4, 0.5) is 18.9 Å². The van der Waals surface area contributed by atoms with Gasteiger partial charge in [0, 0.05) is 64.1 Å². The minimum Gasteiger partial charge on any atom is -0.495 e. The van der Waals surface area contributed by atoms with Crippen LogP contribution in [0, 0.1) is 6.92 Å². The first-order chi connectivity index (χ1) is 17.5. The Bertz CT molecular complexity index is 1120. The van der Waals surface area contributed by atoms with Crippen LogP contribution in [0.3, 0.4) is 0 Å². The Morgan fingerprint density at radius 1 is 1.14 bits per heavy atom. The van der Waals surface area contributed by atoms with E-state index in [-0.39, 0.29) is 24.2 Å². The molecule has 2 aromatic rings. The number of nitrogens with zero attached hydrogens (tertiary/aromatic N) is 6.